The molecule has 20 heavy (non-hydrogen) atoms. The number of ether oxygens (including phenoxy) is 1. The molecule has 1 aromatic heterocycles. The minimum absolute atomic E-state index is 0.618. The van der Waals surface area contributed by atoms with Crippen LogP contribution in [0.5, 0.6) is 0 Å². The molecule has 2 heterocycles. The molecule has 0 amide bonds. The Bertz CT molecular complexity index is 424. The van der Waals surface area contributed by atoms with Crippen molar-refractivity contribution in [2.24, 2.45) is 5.92 Å². The SMILES string of the molecule is CCCc1c(NCC)ncnc1N1CCC(COC)C1. The molecular weight excluding hydrogens is 252 g/mol. The first-order valence-electron chi connectivity index (χ1n) is 7.61. The maximum atomic E-state index is 5.28. The molecule has 1 atom stereocenters. The van der Waals surface area contributed by atoms with Gasteiger partial charge in [0.25, 0.3) is 0 Å². The van der Waals surface area contributed by atoms with Gasteiger partial charge in [-0.25, -0.2) is 9.97 Å². The summed E-state index contributed by atoms with van der Waals surface area (Å²) in [5.74, 6) is 2.72. The Kier molecular flexibility index (Phi) is 5.59. The van der Waals surface area contributed by atoms with Gasteiger partial charge < -0.3 is 15.0 Å². The van der Waals surface area contributed by atoms with Gasteiger partial charge in [0.2, 0.25) is 0 Å². The number of hydrogen-bond acceptors (Lipinski definition) is 5. The molecule has 0 saturated carbocycles. The van der Waals surface area contributed by atoms with Gasteiger partial charge in [0, 0.05) is 38.2 Å². The van der Waals surface area contributed by atoms with Gasteiger partial charge in [-0.1, -0.05) is 13.3 Å². The van der Waals surface area contributed by atoms with E-state index >= 15 is 0 Å². The molecule has 0 bridgehead atoms. The molecule has 0 radical (unpaired) electrons. The molecule has 1 N–H and O–H groups in total. The second-order valence-corrected chi connectivity index (χ2v) is 5.36. The molecule has 0 aromatic carbocycles. The molecule has 1 aliphatic heterocycles. The van der Waals surface area contributed by atoms with Crippen molar-refractivity contribution in [1.82, 2.24) is 9.97 Å². The lowest BCUT2D eigenvalue weighted by molar-refractivity contribution is 0.161. The summed E-state index contributed by atoms with van der Waals surface area (Å²) >= 11 is 0. The fraction of sp³-hybridized carbons (Fsp3) is 0.733. The van der Waals surface area contributed by atoms with Gasteiger partial charge in [-0.15, -0.1) is 0 Å². The Morgan fingerprint density at radius 3 is 2.95 bits per heavy atom. The minimum atomic E-state index is 0.618. The van der Waals surface area contributed by atoms with E-state index in [1.54, 1.807) is 13.4 Å². The van der Waals surface area contributed by atoms with E-state index in [1.807, 2.05) is 0 Å². The summed E-state index contributed by atoms with van der Waals surface area (Å²) in [5, 5.41) is 3.36. The third kappa shape index (κ3) is 3.39. The van der Waals surface area contributed by atoms with E-state index < -0.39 is 0 Å². The van der Waals surface area contributed by atoms with Crippen LogP contribution in [0.4, 0.5) is 11.6 Å². The number of nitrogens with zero attached hydrogens (tertiary/aromatic N) is 3. The van der Waals surface area contributed by atoms with Crippen molar-refractivity contribution in [3.63, 3.8) is 0 Å². The largest absolute Gasteiger partial charge is 0.384 e. The van der Waals surface area contributed by atoms with E-state index in [1.165, 1.54) is 12.0 Å². The monoisotopic (exact) mass is 278 g/mol. The van der Waals surface area contributed by atoms with E-state index in [0.717, 1.165) is 50.7 Å². The summed E-state index contributed by atoms with van der Waals surface area (Å²) in [6, 6.07) is 0. The Labute approximate surface area is 121 Å². The number of rotatable bonds is 7. The predicted molar refractivity (Wildman–Crippen MR) is 82.4 cm³/mol. The van der Waals surface area contributed by atoms with Gasteiger partial charge in [0.15, 0.2) is 0 Å². The topological polar surface area (TPSA) is 50.3 Å². The fourth-order valence-corrected chi connectivity index (χ4v) is 2.87. The van der Waals surface area contributed by atoms with Crippen LogP contribution in [-0.4, -0.2) is 43.3 Å². The molecule has 0 aliphatic carbocycles. The first kappa shape index (κ1) is 15.0. The zero-order valence-corrected chi connectivity index (χ0v) is 12.9. The molecule has 1 saturated heterocycles. The smallest absolute Gasteiger partial charge is 0.137 e. The first-order chi connectivity index (χ1) is 9.80. The summed E-state index contributed by atoms with van der Waals surface area (Å²) < 4.78 is 5.28. The van der Waals surface area contributed by atoms with Crippen molar-refractivity contribution in [3.05, 3.63) is 11.9 Å². The van der Waals surface area contributed by atoms with Gasteiger partial charge in [0.05, 0.1) is 6.61 Å². The summed E-state index contributed by atoms with van der Waals surface area (Å²) in [6.07, 6.45) is 4.98. The number of hydrogen-bond donors (Lipinski definition) is 1. The molecule has 1 aromatic rings. The summed E-state index contributed by atoms with van der Waals surface area (Å²) in [5.41, 5.74) is 1.26. The number of methoxy groups -OCH3 is 1. The third-order valence-electron chi connectivity index (χ3n) is 3.75. The van der Waals surface area contributed by atoms with Crippen LogP contribution in [0, 0.1) is 5.92 Å². The Morgan fingerprint density at radius 2 is 2.25 bits per heavy atom. The average molecular weight is 278 g/mol. The van der Waals surface area contributed by atoms with Crippen molar-refractivity contribution in [2.45, 2.75) is 33.1 Å². The van der Waals surface area contributed by atoms with Crippen LogP contribution in [0.2, 0.25) is 0 Å². The standard InChI is InChI=1S/C15H26N4O/c1-4-6-13-14(16-5-2)17-11-18-15(13)19-8-7-12(9-19)10-20-3/h11-12H,4-10H2,1-3H3,(H,16,17,18). The highest BCUT2D eigenvalue weighted by atomic mass is 16.5. The molecular formula is C15H26N4O. The van der Waals surface area contributed by atoms with Crippen LogP contribution in [0.1, 0.15) is 32.3 Å². The lowest BCUT2D eigenvalue weighted by Gasteiger charge is -2.22. The summed E-state index contributed by atoms with van der Waals surface area (Å²) in [6.45, 7) is 8.12. The minimum Gasteiger partial charge on any atom is -0.384 e. The zero-order valence-electron chi connectivity index (χ0n) is 12.9. The van der Waals surface area contributed by atoms with Crippen LogP contribution >= 0.6 is 0 Å². The van der Waals surface area contributed by atoms with E-state index in [-0.39, 0.29) is 0 Å². The molecule has 0 spiro atoms. The molecule has 1 unspecified atom stereocenters. The molecule has 1 aliphatic rings. The van der Waals surface area contributed by atoms with Gasteiger partial charge in [-0.3, -0.25) is 0 Å². The van der Waals surface area contributed by atoms with Crippen molar-refractivity contribution in [2.75, 3.05) is 43.6 Å². The Morgan fingerprint density at radius 1 is 1.40 bits per heavy atom. The summed E-state index contributed by atoms with van der Waals surface area (Å²) in [7, 11) is 1.78. The quantitative estimate of drug-likeness (QED) is 0.829. The number of nitrogens with one attached hydrogen (secondary N) is 1. The van der Waals surface area contributed by atoms with Crippen molar-refractivity contribution in [3.8, 4) is 0 Å². The lowest BCUT2D eigenvalue weighted by Crippen LogP contribution is -2.24. The molecule has 5 nitrogen and oxygen atoms in total. The second-order valence-electron chi connectivity index (χ2n) is 5.36. The summed E-state index contributed by atoms with van der Waals surface area (Å²) in [4.78, 5) is 11.3. The van der Waals surface area contributed by atoms with E-state index in [4.69, 9.17) is 4.74 Å². The van der Waals surface area contributed by atoms with Crippen LogP contribution in [0.15, 0.2) is 6.33 Å². The van der Waals surface area contributed by atoms with Gasteiger partial charge >= 0.3 is 0 Å². The van der Waals surface area contributed by atoms with Crippen LogP contribution in [0.3, 0.4) is 0 Å². The Hall–Kier alpha value is -1.36. The van der Waals surface area contributed by atoms with Crippen LogP contribution in [0.25, 0.3) is 0 Å². The Balaban J connectivity index is 2.20. The van der Waals surface area contributed by atoms with Crippen molar-refractivity contribution in [1.29, 1.82) is 0 Å². The van der Waals surface area contributed by atoms with E-state index in [9.17, 15) is 0 Å². The van der Waals surface area contributed by atoms with Crippen molar-refractivity contribution < 1.29 is 4.74 Å². The maximum absolute atomic E-state index is 5.28. The molecule has 112 valence electrons. The van der Waals surface area contributed by atoms with Crippen LogP contribution in [-0.2, 0) is 11.2 Å². The van der Waals surface area contributed by atoms with E-state index in [0.29, 0.717) is 5.92 Å². The van der Waals surface area contributed by atoms with Gasteiger partial charge in [-0.05, 0) is 19.8 Å². The van der Waals surface area contributed by atoms with Crippen molar-refractivity contribution >= 4 is 11.6 Å². The second kappa shape index (κ2) is 7.43. The van der Waals surface area contributed by atoms with Gasteiger partial charge in [0.1, 0.15) is 18.0 Å². The predicted octanol–water partition coefficient (Wildman–Crippen LogP) is 2.33. The molecule has 1 fully saturated rings. The third-order valence-corrected chi connectivity index (χ3v) is 3.75. The first-order valence-corrected chi connectivity index (χ1v) is 7.61. The fourth-order valence-electron chi connectivity index (χ4n) is 2.87. The highest BCUT2D eigenvalue weighted by Crippen LogP contribution is 2.29. The zero-order chi connectivity index (χ0) is 14.4. The highest BCUT2D eigenvalue weighted by Gasteiger charge is 2.26. The molecule has 5 heteroatoms. The van der Waals surface area contributed by atoms with Crippen LogP contribution < -0.4 is 10.2 Å². The van der Waals surface area contributed by atoms with Gasteiger partial charge in [-0.2, -0.15) is 0 Å². The highest BCUT2D eigenvalue weighted by molar-refractivity contribution is 5.59. The number of aromatic nitrogens is 2. The maximum Gasteiger partial charge on any atom is 0.137 e. The molecule has 2 rings (SSSR count). The lowest BCUT2D eigenvalue weighted by atomic mass is 10.1. The normalized spacial score (nSPS) is 18.6. The van der Waals surface area contributed by atoms with E-state index in [2.05, 4.69) is 34.0 Å². The average Bonchev–Trinajstić information content (AvgIpc) is 2.90. The number of anilines is 2.